The van der Waals surface area contributed by atoms with Gasteiger partial charge in [0.05, 0.1) is 6.61 Å². The Bertz CT molecular complexity index is 1750. The lowest BCUT2D eigenvalue weighted by Crippen LogP contribution is -2.61. The van der Waals surface area contributed by atoms with Crippen LogP contribution in [0, 0.1) is 0 Å². The minimum absolute atomic E-state index is 0.0250. The SMILES string of the molecule is CC/C=C\C/C=C\C/C=C\C/C=C\C/C=C\CCCC(=O)OC1C(OCC(COC(=O)CCCCCCCC/C=C\C/C=C\C/C=C\CCCCC)OC(=O)CCCCCCC/C=C\CCCC)OC(C(=O)O)C(O)C1O. The zero-order valence-corrected chi connectivity index (χ0v) is 47.9. The van der Waals surface area contributed by atoms with Gasteiger partial charge in [0.1, 0.15) is 18.8 Å². The maximum atomic E-state index is 13.1. The van der Waals surface area contributed by atoms with Gasteiger partial charge in [0, 0.05) is 19.3 Å². The quantitative estimate of drug-likeness (QED) is 0.0228. The molecule has 1 rings (SSSR count). The van der Waals surface area contributed by atoms with Gasteiger partial charge >= 0.3 is 23.9 Å². The number of ether oxygens (including phenoxy) is 5. The first-order valence-electron chi connectivity index (χ1n) is 29.9. The molecule has 0 aromatic carbocycles. The molecule has 1 saturated heterocycles. The largest absolute Gasteiger partial charge is 0.479 e. The van der Waals surface area contributed by atoms with E-state index in [2.05, 4.69) is 118 Å². The van der Waals surface area contributed by atoms with Crippen molar-refractivity contribution in [1.82, 2.24) is 0 Å². The molecule has 0 bridgehead atoms. The normalized spacial score (nSPS) is 18.8. The van der Waals surface area contributed by atoms with Crippen molar-refractivity contribution >= 4 is 23.9 Å². The molecule has 1 heterocycles. The molecule has 0 saturated carbocycles. The zero-order chi connectivity index (χ0) is 56.1. The summed E-state index contributed by atoms with van der Waals surface area (Å²) in [5.74, 6) is -3.24. The number of carbonyl (C=O) groups excluding carboxylic acids is 3. The lowest BCUT2D eigenvalue weighted by Gasteiger charge is -2.40. The Kier molecular flexibility index (Phi) is 47.6. The van der Waals surface area contributed by atoms with Crippen molar-refractivity contribution < 1.29 is 58.2 Å². The molecule has 12 nitrogen and oxygen atoms in total. The smallest absolute Gasteiger partial charge is 0.335 e. The summed E-state index contributed by atoms with van der Waals surface area (Å²) in [5, 5.41) is 31.5. The topological polar surface area (TPSA) is 175 Å². The van der Waals surface area contributed by atoms with Crippen LogP contribution >= 0.6 is 0 Å². The van der Waals surface area contributed by atoms with Crippen LogP contribution in [0.3, 0.4) is 0 Å². The number of allylic oxidation sites excluding steroid dienone is 18. The minimum Gasteiger partial charge on any atom is -0.479 e. The molecule has 77 heavy (non-hydrogen) atoms. The summed E-state index contributed by atoms with van der Waals surface area (Å²) in [4.78, 5) is 51.1. The van der Waals surface area contributed by atoms with Gasteiger partial charge in [-0.1, -0.05) is 201 Å². The molecule has 0 aliphatic carbocycles. The number of unbranched alkanes of at least 4 members (excludes halogenated alkanes) is 17. The molecule has 0 radical (unpaired) electrons. The molecule has 6 atom stereocenters. The van der Waals surface area contributed by atoms with Crippen LogP contribution < -0.4 is 0 Å². The summed E-state index contributed by atoms with van der Waals surface area (Å²) in [5.41, 5.74) is 0. The van der Waals surface area contributed by atoms with Crippen molar-refractivity contribution in [2.75, 3.05) is 13.2 Å². The van der Waals surface area contributed by atoms with Crippen LogP contribution in [-0.4, -0.2) is 89.2 Å². The van der Waals surface area contributed by atoms with Gasteiger partial charge in [-0.25, -0.2) is 4.79 Å². The Balaban J connectivity index is 2.71. The zero-order valence-electron chi connectivity index (χ0n) is 47.9. The number of hydrogen-bond acceptors (Lipinski definition) is 11. The van der Waals surface area contributed by atoms with E-state index in [-0.39, 0.29) is 25.9 Å². The van der Waals surface area contributed by atoms with E-state index >= 15 is 0 Å². The summed E-state index contributed by atoms with van der Waals surface area (Å²) >= 11 is 0. The van der Waals surface area contributed by atoms with Gasteiger partial charge in [-0.3, -0.25) is 14.4 Å². The summed E-state index contributed by atoms with van der Waals surface area (Å²) < 4.78 is 28.3. The number of aliphatic hydroxyl groups excluding tert-OH is 2. The molecule has 12 heteroatoms. The second-order valence-electron chi connectivity index (χ2n) is 19.9. The van der Waals surface area contributed by atoms with Crippen molar-refractivity contribution in [3.8, 4) is 0 Å². The first kappa shape index (κ1) is 70.4. The van der Waals surface area contributed by atoms with Crippen molar-refractivity contribution in [1.29, 1.82) is 0 Å². The molecule has 6 unspecified atom stereocenters. The number of aliphatic hydroxyl groups is 2. The van der Waals surface area contributed by atoms with Gasteiger partial charge in [-0.05, 0) is 116 Å². The lowest BCUT2D eigenvalue weighted by atomic mass is 9.98. The first-order chi connectivity index (χ1) is 37.6. The number of carboxylic acids is 1. The molecular formula is C65H104O12. The average molecular weight is 1080 g/mol. The fourth-order valence-electron chi connectivity index (χ4n) is 8.21. The van der Waals surface area contributed by atoms with Crippen LogP contribution in [0.1, 0.15) is 226 Å². The lowest BCUT2D eigenvalue weighted by molar-refractivity contribution is -0.301. The van der Waals surface area contributed by atoms with Crippen molar-refractivity contribution in [2.45, 2.75) is 263 Å². The van der Waals surface area contributed by atoms with E-state index in [1.165, 1.54) is 38.5 Å². The number of aliphatic carboxylic acids is 1. The van der Waals surface area contributed by atoms with E-state index in [1.807, 2.05) is 12.2 Å². The molecule has 0 aromatic heterocycles. The molecule has 436 valence electrons. The third-order valence-electron chi connectivity index (χ3n) is 12.8. The van der Waals surface area contributed by atoms with Crippen molar-refractivity contribution in [2.24, 2.45) is 0 Å². The number of rotatable bonds is 49. The van der Waals surface area contributed by atoms with Gasteiger partial charge < -0.3 is 39.0 Å². The molecule has 0 spiro atoms. The number of carboxylic acid groups (broad SMARTS) is 1. The summed E-state index contributed by atoms with van der Waals surface area (Å²) in [6.07, 6.45) is 57.8. The molecular weight excluding hydrogens is 973 g/mol. The van der Waals surface area contributed by atoms with Crippen molar-refractivity contribution in [3.05, 3.63) is 109 Å². The second kappa shape index (κ2) is 52.1. The highest BCUT2D eigenvalue weighted by atomic mass is 16.7. The summed E-state index contributed by atoms with van der Waals surface area (Å²) in [7, 11) is 0. The van der Waals surface area contributed by atoms with E-state index in [9.17, 15) is 34.5 Å². The predicted octanol–water partition coefficient (Wildman–Crippen LogP) is 15.4. The maximum Gasteiger partial charge on any atom is 0.335 e. The van der Waals surface area contributed by atoms with Crippen LogP contribution in [0.15, 0.2) is 109 Å². The van der Waals surface area contributed by atoms with E-state index < -0.39 is 67.3 Å². The van der Waals surface area contributed by atoms with Crippen LogP contribution in [0.4, 0.5) is 0 Å². The highest BCUT2D eigenvalue weighted by Crippen LogP contribution is 2.26. The van der Waals surface area contributed by atoms with Crippen LogP contribution in [0.25, 0.3) is 0 Å². The van der Waals surface area contributed by atoms with E-state index in [4.69, 9.17) is 23.7 Å². The highest BCUT2D eigenvalue weighted by molar-refractivity contribution is 5.74. The first-order valence-corrected chi connectivity index (χ1v) is 29.9. The van der Waals surface area contributed by atoms with Crippen LogP contribution in [0.2, 0.25) is 0 Å². The fourth-order valence-corrected chi connectivity index (χ4v) is 8.21. The standard InChI is InChI=1S/C65H104O12/c1-4-7-10-13-16-19-22-24-26-28-29-31-32-34-37-39-42-45-48-51-57(66)73-54-56(75-58(67)52-49-46-43-40-36-21-18-15-12-9-6-3)55-74-65-63(61(70)60(69)62(77-65)64(71)72)76-59(68)53-50-47-44-41-38-35-33-30-27-25-23-20-17-14-11-8-5-2/h8,11,15-20,24-27,29,31,33,35,41,44,56,60-63,65,69-70H,4-7,9-10,12-14,21-23,28,30,32,34,36-40,42-43,45-55H2,1-3H3,(H,71,72)/b11-8-,18-15-,19-16-,20-17-,26-24-,27-25-,31-29-,35-33-,44-41-. The van der Waals surface area contributed by atoms with Gasteiger partial charge in [0.25, 0.3) is 0 Å². The third-order valence-corrected chi connectivity index (χ3v) is 12.8. The highest BCUT2D eigenvalue weighted by Gasteiger charge is 2.50. The summed E-state index contributed by atoms with van der Waals surface area (Å²) in [6, 6.07) is 0. The monoisotopic (exact) mass is 1080 g/mol. The van der Waals surface area contributed by atoms with E-state index in [0.29, 0.717) is 25.7 Å². The van der Waals surface area contributed by atoms with Crippen LogP contribution in [-0.2, 0) is 42.9 Å². The molecule has 0 amide bonds. The predicted molar refractivity (Wildman–Crippen MR) is 312 cm³/mol. The van der Waals surface area contributed by atoms with E-state index in [1.54, 1.807) is 0 Å². The Morgan fingerprint density at radius 1 is 0.442 bits per heavy atom. The second-order valence-corrected chi connectivity index (χ2v) is 19.9. The van der Waals surface area contributed by atoms with Crippen LogP contribution in [0.5, 0.6) is 0 Å². The van der Waals surface area contributed by atoms with Gasteiger partial charge in [0.15, 0.2) is 24.6 Å². The average Bonchev–Trinajstić information content (AvgIpc) is 3.42. The molecule has 3 N–H and O–H groups in total. The Morgan fingerprint density at radius 2 is 0.844 bits per heavy atom. The molecule has 0 aromatic rings. The minimum atomic E-state index is -1.93. The Morgan fingerprint density at radius 3 is 1.34 bits per heavy atom. The Hall–Kier alpha value is -4.62. The summed E-state index contributed by atoms with van der Waals surface area (Å²) in [6.45, 7) is 5.76. The number of carbonyl (C=O) groups is 4. The van der Waals surface area contributed by atoms with Crippen molar-refractivity contribution in [3.63, 3.8) is 0 Å². The Labute approximate surface area is 465 Å². The molecule has 1 aliphatic heterocycles. The van der Waals surface area contributed by atoms with Gasteiger partial charge in [0.2, 0.25) is 0 Å². The molecule has 1 fully saturated rings. The number of esters is 3. The fraction of sp³-hybridized carbons (Fsp3) is 0.662. The van der Waals surface area contributed by atoms with E-state index in [0.717, 1.165) is 122 Å². The third kappa shape index (κ3) is 42.1. The van der Waals surface area contributed by atoms with Gasteiger partial charge in [-0.2, -0.15) is 0 Å². The maximum absolute atomic E-state index is 13.1. The molecule has 1 aliphatic rings. The van der Waals surface area contributed by atoms with Gasteiger partial charge in [-0.15, -0.1) is 0 Å². The number of hydrogen-bond donors (Lipinski definition) is 3.